The quantitative estimate of drug-likeness (QED) is 0.304. The molecule has 3 aromatic rings. The Kier molecular flexibility index (Phi) is 8.77. The molecule has 0 atom stereocenters. The summed E-state index contributed by atoms with van der Waals surface area (Å²) in [4.78, 5) is 12.2. The SMILES string of the molecule is CC(C)c1cc(Cc2c(Cl)cc(OCC(=O)CCCc3ccccc3)cc2Br)ccc1O. The summed E-state index contributed by atoms with van der Waals surface area (Å²) in [5.74, 6) is 1.18. The lowest BCUT2D eigenvalue weighted by Crippen LogP contribution is -2.11. The molecule has 32 heavy (non-hydrogen) atoms. The van der Waals surface area contributed by atoms with Gasteiger partial charge < -0.3 is 9.84 Å². The molecule has 0 aliphatic carbocycles. The lowest BCUT2D eigenvalue weighted by atomic mass is 9.96. The van der Waals surface area contributed by atoms with Gasteiger partial charge in [-0.1, -0.05) is 83.8 Å². The van der Waals surface area contributed by atoms with E-state index in [1.807, 2.05) is 36.4 Å². The topological polar surface area (TPSA) is 46.5 Å². The molecule has 0 aliphatic rings. The maximum Gasteiger partial charge on any atom is 0.170 e. The van der Waals surface area contributed by atoms with Crippen molar-refractivity contribution in [3.8, 4) is 11.5 Å². The second-order valence-corrected chi connectivity index (χ2v) is 9.52. The van der Waals surface area contributed by atoms with Gasteiger partial charge in [0.15, 0.2) is 5.78 Å². The normalized spacial score (nSPS) is 11.0. The van der Waals surface area contributed by atoms with E-state index in [1.54, 1.807) is 12.1 Å². The van der Waals surface area contributed by atoms with E-state index in [0.717, 1.165) is 34.0 Å². The number of benzene rings is 3. The molecular weight excluding hydrogens is 488 g/mol. The van der Waals surface area contributed by atoms with Crippen LogP contribution in [-0.2, 0) is 17.6 Å². The summed E-state index contributed by atoms with van der Waals surface area (Å²) in [6, 6.07) is 19.4. The Balaban J connectivity index is 1.57. The Morgan fingerprint density at radius 2 is 1.81 bits per heavy atom. The van der Waals surface area contributed by atoms with Crippen molar-refractivity contribution in [2.45, 2.75) is 45.4 Å². The minimum Gasteiger partial charge on any atom is -0.508 e. The molecule has 3 rings (SSSR count). The third-order valence-electron chi connectivity index (χ3n) is 5.37. The predicted octanol–water partition coefficient (Wildman–Crippen LogP) is 7.49. The molecule has 0 amide bonds. The highest BCUT2D eigenvalue weighted by atomic mass is 79.9. The first-order valence-electron chi connectivity index (χ1n) is 10.8. The van der Waals surface area contributed by atoms with Crippen molar-refractivity contribution in [3.63, 3.8) is 0 Å². The van der Waals surface area contributed by atoms with Crippen LogP contribution in [0.15, 0.2) is 65.1 Å². The fraction of sp³-hybridized carbons (Fsp3) is 0.296. The lowest BCUT2D eigenvalue weighted by Gasteiger charge is -2.14. The number of carbonyl (C=O) groups excluding carboxylic acids is 1. The Bertz CT molecular complexity index is 1040. The lowest BCUT2D eigenvalue weighted by molar-refractivity contribution is -0.121. The third-order valence-corrected chi connectivity index (χ3v) is 6.42. The van der Waals surface area contributed by atoms with Crippen molar-refractivity contribution in [2.75, 3.05) is 6.61 Å². The van der Waals surface area contributed by atoms with Crippen LogP contribution in [0.2, 0.25) is 5.02 Å². The average Bonchev–Trinajstić information content (AvgIpc) is 2.76. The van der Waals surface area contributed by atoms with Gasteiger partial charge >= 0.3 is 0 Å². The van der Waals surface area contributed by atoms with Gasteiger partial charge in [-0.2, -0.15) is 0 Å². The number of aromatic hydroxyl groups is 1. The number of phenolic OH excluding ortho intramolecular Hbond substituents is 1. The maximum absolute atomic E-state index is 12.2. The summed E-state index contributed by atoms with van der Waals surface area (Å²) in [5, 5.41) is 10.6. The summed E-state index contributed by atoms with van der Waals surface area (Å²) in [7, 11) is 0. The molecule has 0 saturated heterocycles. The number of Topliss-reactive ketones (excluding diaryl/α,β-unsaturated/α-hetero) is 1. The number of phenols is 1. The molecule has 168 valence electrons. The van der Waals surface area contributed by atoms with E-state index in [1.165, 1.54) is 5.56 Å². The molecule has 0 radical (unpaired) electrons. The van der Waals surface area contributed by atoms with Crippen LogP contribution in [0.1, 0.15) is 54.9 Å². The summed E-state index contributed by atoms with van der Waals surface area (Å²) in [6.45, 7) is 4.14. The van der Waals surface area contributed by atoms with Gasteiger partial charge in [-0.3, -0.25) is 4.79 Å². The second-order valence-electron chi connectivity index (χ2n) is 8.26. The third kappa shape index (κ3) is 6.85. The van der Waals surface area contributed by atoms with Crippen molar-refractivity contribution in [1.82, 2.24) is 0 Å². The molecule has 1 N–H and O–H groups in total. The van der Waals surface area contributed by atoms with Crippen LogP contribution in [0.5, 0.6) is 11.5 Å². The van der Waals surface area contributed by atoms with Crippen LogP contribution in [0.4, 0.5) is 0 Å². The van der Waals surface area contributed by atoms with Crippen LogP contribution in [0.25, 0.3) is 0 Å². The first-order valence-corrected chi connectivity index (χ1v) is 12.0. The highest BCUT2D eigenvalue weighted by molar-refractivity contribution is 9.10. The highest BCUT2D eigenvalue weighted by Crippen LogP contribution is 2.34. The van der Waals surface area contributed by atoms with Gasteiger partial charge in [0.05, 0.1) is 0 Å². The van der Waals surface area contributed by atoms with E-state index in [4.69, 9.17) is 16.3 Å². The molecule has 0 spiro atoms. The molecule has 3 nitrogen and oxygen atoms in total. The second kappa shape index (κ2) is 11.5. The molecule has 0 fully saturated rings. The molecule has 0 heterocycles. The largest absolute Gasteiger partial charge is 0.508 e. The minimum absolute atomic E-state index is 0.0343. The zero-order chi connectivity index (χ0) is 23.1. The number of hydrogen-bond acceptors (Lipinski definition) is 3. The number of hydrogen-bond donors (Lipinski definition) is 1. The van der Waals surface area contributed by atoms with E-state index in [-0.39, 0.29) is 18.3 Å². The van der Waals surface area contributed by atoms with Crippen molar-refractivity contribution in [1.29, 1.82) is 0 Å². The van der Waals surface area contributed by atoms with Gasteiger partial charge in [-0.25, -0.2) is 0 Å². The monoisotopic (exact) mass is 514 g/mol. The van der Waals surface area contributed by atoms with E-state index in [2.05, 4.69) is 41.9 Å². The average molecular weight is 516 g/mol. The van der Waals surface area contributed by atoms with Crippen molar-refractivity contribution >= 4 is 33.3 Å². The molecule has 3 aromatic carbocycles. The summed E-state index contributed by atoms with van der Waals surface area (Å²) in [5.41, 5.74) is 4.16. The van der Waals surface area contributed by atoms with Gasteiger partial charge in [-0.15, -0.1) is 0 Å². The number of rotatable bonds is 10. The standard InChI is InChI=1S/C27H28BrClO3/c1-18(2)23-13-20(11-12-27(23)31)14-24-25(28)15-22(16-26(24)29)32-17-21(30)10-6-9-19-7-4-3-5-8-19/h3-5,7-8,11-13,15-16,18,31H,6,9-10,14,17H2,1-2H3. The van der Waals surface area contributed by atoms with Crippen LogP contribution in [0.3, 0.4) is 0 Å². The fourth-order valence-electron chi connectivity index (χ4n) is 3.58. The summed E-state index contributed by atoms with van der Waals surface area (Å²) in [6.07, 6.45) is 2.80. The van der Waals surface area contributed by atoms with Crippen molar-refractivity contribution < 1.29 is 14.6 Å². The first kappa shape index (κ1) is 24.3. The van der Waals surface area contributed by atoms with E-state index in [9.17, 15) is 9.90 Å². The zero-order valence-corrected chi connectivity index (χ0v) is 20.7. The Morgan fingerprint density at radius 1 is 1.06 bits per heavy atom. The Morgan fingerprint density at radius 3 is 2.50 bits per heavy atom. The highest BCUT2D eigenvalue weighted by Gasteiger charge is 2.13. The van der Waals surface area contributed by atoms with Gasteiger partial charge in [-0.05, 0) is 59.2 Å². The molecule has 0 unspecified atom stereocenters. The van der Waals surface area contributed by atoms with Crippen LogP contribution in [0, 0.1) is 0 Å². The summed E-state index contributed by atoms with van der Waals surface area (Å²) < 4.78 is 6.54. The van der Waals surface area contributed by atoms with Gasteiger partial charge in [0, 0.05) is 22.3 Å². The van der Waals surface area contributed by atoms with Gasteiger partial charge in [0.25, 0.3) is 0 Å². The molecule has 5 heteroatoms. The number of halogens is 2. The zero-order valence-electron chi connectivity index (χ0n) is 18.4. The van der Waals surface area contributed by atoms with Crippen LogP contribution in [-0.4, -0.2) is 17.5 Å². The number of ketones is 1. The van der Waals surface area contributed by atoms with Crippen molar-refractivity contribution in [2.24, 2.45) is 0 Å². The molecule has 0 bridgehead atoms. The number of ether oxygens (including phenoxy) is 1. The Labute approximate surface area is 203 Å². The fourth-order valence-corrected chi connectivity index (χ4v) is 4.55. The summed E-state index contributed by atoms with van der Waals surface area (Å²) >= 11 is 10.1. The van der Waals surface area contributed by atoms with Crippen molar-refractivity contribution in [3.05, 3.63) is 92.4 Å². The van der Waals surface area contributed by atoms with Gasteiger partial charge in [0.1, 0.15) is 18.1 Å². The van der Waals surface area contributed by atoms with E-state index in [0.29, 0.717) is 29.4 Å². The van der Waals surface area contributed by atoms with Crippen LogP contribution >= 0.6 is 27.5 Å². The smallest absolute Gasteiger partial charge is 0.170 e. The van der Waals surface area contributed by atoms with E-state index >= 15 is 0 Å². The first-order chi connectivity index (χ1) is 15.3. The maximum atomic E-state index is 12.2. The molecule has 0 aromatic heterocycles. The Hall–Kier alpha value is -2.30. The van der Waals surface area contributed by atoms with Gasteiger partial charge in [0.2, 0.25) is 0 Å². The minimum atomic E-state index is 0.0343. The predicted molar refractivity (Wildman–Crippen MR) is 134 cm³/mol. The van der Waals surface area contributed by atoms with E-state index < -0.39 is 0 Å². The number of aryl methyl sites for hydroxylation is 1. The molecular formula is C27H28BrClO3. The molecule has 0 saturated carbocycles. The number of carbonyl (C=O) groups is 1. The molecule has 0 aliphatic heterocycles. The van der Waals surface area contributed by atoms with Crippen LogP contribution < -0.4 is 4.74 Å².